The summed E-state index contributed by atoms with van der Waals surface area (Å²) in [5, 5.41) is 0. The van der Waals surface area contributed by atoms with Crippen LogP contribution in [-0.2, 0) is 6.42 Å². The molecule has 0 saturated carbocycles. The fourth-order valence-corrected chi connectivity index (χ4v) is 1.68. The van der Waals surface area contributed by atoms with E-state index in [4.69, 9.17) is 0 Å². The number of carbonyl (C=O) groups excluding carboxylic acids is 1. The zero-order valence-corrected chi connectivity index (χ0v) is 11.7. The number of aryl methyl sites for hydroxylation is 1. The molecule has 0 aromatic heterocycles. The van der Waals surface area contributed by atoms with Gasteiger partial charge in [0.2, 0.25) is 3.79 Å². The molecule has 0 aliphatic carbocycles. The summed E-state index contributed by atoms with van der Waals surface area (Å²) < 4.78 is 0.106. The maximum atomic E-state index is 11.1. The maximum Gasteiger partial charge on any atom is 0.222 e. The summed E-state index contributed by atoms with van der Waals surface area (Å²) in [6.45, 7) is 6.74. The van der Waals surface area contributed by atoms with Crippen LogP contribution in [0.15, 0.2) is 24.3 Å². The van der Waals surface area contributed by atoms with Crippen LogP contribution in [0.5, 0.6) is 0 Å². The summed E-state index contributed by atoms with van der Waals surface area (Å²) in [6, 6.07) is 7.93. The molecule has 0 unspecified atom stereocenters. The van der Waals surface area contributed by atoms with Crippen LogP contribution in [0.1, 0.15) is 43.1 Å². The first-order chi connectivity index (χ1) is 6.88. The standard InChI is InChI=1S/C13H17IO/c1-13(2,3)9-8-10-4-6-11(7-5-10)12(14)15/h4-7H,8-9H2,1-3H3. The van der Waals surface area contributed by atoms with Gasteiger partial charge in [0.05, 0.1) is 0 Å². The van der Waals surface area contributed by atoms with E-state index in [-0.39, 0.29) is 3.79 Å². The molecule has 0 aliphatic rings. The Kier molecular flexibility index (Phi) is 4.32. The third-order valence-electron chi connectivity index (χ3n) is 2.34. The van der Waals surface area contributed by atoms with Crippen LogP contribution in [0.25, 0.3) is 0 Å². The number of hydrogen-bond acceptors (Lipinski definition) is 1. The predicted octanol–water partition coefficient (Wildman–Crippen LogP) is 4.24. The molecular weight excluding hydrogens is 299 g/mol. The molecule has 0 N–H and O–H groups in total. The summed E-state index contributed by atoms with van der Waals surface area (Å²) >= 11 is 1.82. The lowest BCUT2D eigenvalue weighted by atomic mass is 9.88. The maximum absolute atomic E-state index is 11.1. The van der Waals surface area contributed by atoms with E-state index in [9.17, 15) is 4.79 Å². The zero-order valence-electron chi connectivity index (χ0n) is 9.51. The third kappa shape index (κ3) is 4.78. The minimum absolute atomic E-state index is 0.106. The lowest BCUT2D eigenvalue weighted by Gasteiger charge is -2.17. The minimum atomic E-state index is 0.106. The van der Waals surface area contributed by atoms with E-state index in [1.165, 1.54) is 12.0 Å². The Morgan fingerprint density at radius 3 is 2.13 bits per heavy atom. The van der Waals surface area contributed by atoms with Crippen molar-refractivity contribution in [3.8, 4) is 0 Å². The topological polar surface area (TPSA) is 17.1 Å². The monoisotopic (exact) mass is 316 g/mol. The Morgan fingerprint density at radius 1 is 1.20 bits per heavy atom. The molecule has 1 rings (SSSR count). The molecule has 2 heteroatoms. The predicted molar refractivity (Wildman–Crippen MR) is 72.6 cm³/mol. The number of carbonyl (C=O) groups is 1. The Morgan fingerprint density at radius 2 is 1.73 bits per heavy atom. The van der Waals surface area contributed by atoms with Crippen molar-refractivity contribution in [2.75, 3.05) is 0 Å². The second-order valence-electron chi connectivity index (χ2n) is 5.03. The minimum Gasteiger partial charge on any atom is -0.282 e. The quantitative estimate of drug-likeness (QED) is 0.602. The highest BCUT2D eigenvalue weighted by molar-refractivity contribution is 14.1. The first kappa shape index (κ1) is 12.7. The molecule has 0 saturated heterocycles. The van der Waals surface area contributed by atoms with E-state index in [1.807, 2.05) is 34.7 Å². The van der Waals surface area contributed by atoms with Gasteiger partial charge in [-0.2, -0.15) is 0 Å². The summed E-state index contributed by atoms with van der Waals surface area (Å²) in [6.07, 6.45) is 2.25. The van der Waals surface area contributed by atoms with Gasteiger partial charge in [0.15, 0.2) is 0 Å². The van der Waals surface area contributed by atoms with Crippen LogP contribution in [0, 0.1) is 5.41 Å². The molecule has 1 aromatic rings. The van der Waals surface area contributed by atoms with Gasteiger partial charge in [-0.1, -0.05) is 45.0 Å². The number of hydrogen-bond donors (Lipinski definition) is 0. The lowest BCUT2D eigenvalue weighted by Crippen LogP contribution is -2.06. The van der Waals surface area contributed by atoms with Crippen molar-refractivity contribution in [1.29, 1.82) is 0 Å². The van der Waals surface area contributed by atoms with Crippen molar-refractivity contribution < 1.29 is 4.79 Å². The van der Waals surface area contributed by atoms with Crippen molar-refractivity contribution in [2.24, 2.45) is 5.41 Å². The highest BCUT2D eigenvalue weighted by Crippen LogP contribution is 2.21. The van der Waals surface area contributed by atoms with E-state index in [0.29, 0.717) is 5.41 Å². The fourth-order valence-electron chi connectivity index (χ4n) is 1.32. The smallest absolute Gasteiger partial charge is 0.222 e. The molecule has 0 spiro atoms. The Bertz CT molecular complexity index is 333. The molecule has 0 atom stereocenters. The van der Waals surface area contributed by atoms with Gasteiger partial charge in [-0.15, -0.1) is 0 Å². The molecule has 0 amide bonds. The average molecular weight is 316 g/mol. The SMILES string of the molecule is CC(C)(C)CCc1ccc(C(=O)I)cc1. The first-order valence-electron chi connectivity index (χ1n) is 5.17. The highest BCUT2D eigenvalue weighted by atomic mass is 127. The average Bonchev–Trinajstić information content (AvgIpc) is 2.14. The molecule has 82 valence electrons. The first-order valence-corrected chi connectivity index (χ1v) is 6.25. The van der Waals surface area contributed by atoms with Gasteiger partial charge in [0.1, 0.15) is 0 Å². The van der Waals surface area contributed by atoms with Gasteiger partial charge in [0, 0.05) is 28.2 Å². The van der Waals surface area contributed by atoms with Crippen molar-refractivity contribution >= 4 is 26.4 Å². The van der Waals surface area contributed by atoms with Crippen molar-refractivity contribution in [3.05, 3.63) is 35.4 Å². The van der Waals surface area contributed by atoms with Crippen LogP contribution in [0.3, 0.4) is 0 Å². The van der Waals surface area contributed by atoms with Crippen LogP contribution >= 0.6 is 22.6 Å². The lowest BCUT2D eigenvalue weighted by molar-refractivity contribution is 0.110. The second kappa shape index (κ2) is 5.10. The normalized spacial score (nSPS) is 11.5. The molecule has 1 aromatic carbocycles. The van der Waals surface area contributed by atoms with Crippen LogP contribution in [-0.4, -0.2) is 3.79 Å². The summed E-state index contributed by atoms with van der Waals surface area (Å²) in [5.41, 5.74) is 2.47. The van der Waals surface area contributed by atoms with Crippen molar-refractivity contribution in [3.63, 3.8) is 0 Å². The molecule has 0 heterocycles. The van der Waals surface area contributed by atoms with E-state index in [1.54, 1.807) is 0 Å². The number of benzene rings is 1. The Hall–Kier alpha value is -0.380. The number of rotatable bonds is 3. The van der Waals surface area contributed by atoms with Crippen molar-refractivity contribution in [1.82, 2.24) is 0 Å². The molecule has 1 nitrogen and oxygen atoms in total. The summed E-state index contributed by atoms with van der Waals surface area (Å²) in [7, 11) is 0. The Labute approximate surface area is 105 Å². The van der Waals surface area contributed by atoms with Gasteiger partial charge in [0.25, 0.3) is 0 Å². The van der Waals surface area contributed by atoms with E-state index in [0.717, 1.165) is 12.0 Å². The van der Waals surface area contributed by atoms with Gasteiger partial charge >= 0.3 is 0 Å². The Balaban J connectivity index is 2.61. The van der Waals surface area contributed by atoms with Crippen molar-refractivity contribution in [2.45, 2.75) is 33.6 Å². The molecule has 15 heavy (non-hydrogen) atoms. The van der Waals surface area contributed by atoms with Crippen LogP contribution in [0.2, 0.25) is 0 Å². The van der Waals surface area contributed by atoms with E-state index in [2.05, 4.69) is 32.9 Å². The molecular formula is C13H17IO. The van der Waals surface area contributed by atoms with E-state index >= 15 is 0 Å². The summed E-state index contributed by atoms with van der Waals surface area (Å²) in [4.78, 5) is 11.1. The molecule has 0 radical (unpaired) electrons. The van der Waals surface area contributed by atoms with E-state index < -0.39 is 0 Å². The highest BCUT2D eigenvalue weighted by Gasteiger charge is 2.10. The molecule has 0 aliphatic heterocycles. The van der Waals surface area contributed by atoms with Gasteiger partial charge < -0.3 is 0 Å². The second-order valence-corrected chi connectivity index (χ2v) is 6.01. The molecule has 0 bridgehead atoms. The third-order valence-corrected chi connectivity index (χ3v) is 2.97. The summed E-state index contributed by atoms with van der Waals surface area (Å²) in [5.74, 6) is 0. The number of halogens is 1. The van der Waals surface area contributed by atoms with Crippen LogP contribution < -0.4 is 0 Å². The van der Waals surface area contributed by atoms with Crippen LogP contribution in [0.4, 0.5) is 0 Å². The largest absolute Gasteiger partial charge is 0.282 e. The zero-order chi connectivity index (χ0) is 11.5. The molecule has 0 fully saturated rings. The van der Waals surface area contributed by atoms with Gasteiger partial charge in [-0.05, 0) is 23.8 Å². The van der Waals surface area contributed by atoms with Gasteiger partial charge in [-0.25, -0.2) is 0 Å². The van der Waals surface area contributed by atoms with Gasteiger partial charge in [-0.3, -0.25) is 4.79 Å². The fraction of sp³-hybridized carbons (Fsp3) is 0.462.